The molecule has 0 fully saturated rings. The van der Waals surface area contributed by atoms with Crippen molar-refractivity contribution in [1.82, 2.24) is 5.32 Å². The molecule has 0 aromatic carbocycles. The average molecular weight is 213 g/mol. The Kier molecular flexibility index (Phi) is 6.51. The summed E-state index contributed by atoms with van der Waals surface area (Å²) in [5.41, 5.74) is 0.465. The number of hydrogen-bond acceptors (Lipinski definition) is 1. The molecule has 0 rings (SSSR count). The van der Waals surface area contributed by atoms with Gasteiger partial charge in [0.2, 0.25) is 0 Å². The Balaban J connectivity index is 4.26. The van der Waals surface area contributed by atoms with Gasteiger partial charge in [-0.1, -0.05) is 48.5 Å². The minimum Gasteiger partial charge on any atom is -0.314 e. The highest BCUT2D eigenvalue weighted by Crippen LogP contribution is 2.32. The molecular weight excluding hydrogens is 182 g/mol. The maximum atomic E-state index is 3.60. The van der Waals surface area contributed by atoms with E-state index in [1.807, 2.05) is 0 Å². The third-order valence-electron chi connectivity index (χ3n) is 2.74. The van der Waals surface area contributed by atoms with Gasteiger partial charge in [-0.15, -0.1) is 0 Å². The lowest BCUT2D eigenvalue weighted by Gasteiger charge is -2.34. The summed E-state index contributed by atoms with van der Waals surface area (Å²) < 4.78 is 0. The summed E-state index contributed by atoms with van der Waals surface area (Å²) in [6.07, 6.45) is 2.65. The van der Waals surface area contributed by atoms with Crippen LogP contribution < -0.4 is 5.32 Å². The minimum atomic E-state index is 0.465. The van der Waals surface area contributed by atoms with Crippen molar-refractivity contribution in [1.29, 1.82) is 0 Å². The number of nitrogens with one attached hydrogen (secondary N) is 1. The lowest BCUT2D eigenvalue weighted by molar-refractivity contribution is 0.194. The number of rotatable bonds is 7. The van der Waals surface area contributed by atoms with Crippen molar-refractivity contribution in [3.63, 3.8) is 0 Å². The standard InChI is InChI=1S/C14H31N/c1-11(2)8-14(7,9-12(3)4)10-15-13(5)6/h11-13,15H,8-10H2,1-7H3. The van der Waals surface area contributed by atoms with Crippen LogP contribution in [0.15, 0.2) is 0 Å². The molecule has 1 heteroatoms. The van der Waals surface area contributed by atoms with Crippen molar-refractivity contribution in [2.24, 2.45) is 17.3 Å². The van der Waals surface area contributed by atoms with Crippen molar-refractivity contribution >= 4 is 0 Å². The summed E-state index contributed by atoms with van der Waals surface area (Å²) in [5.74, 6) is 1.59. The van der Waals surface area contributed by atoms with Crippen molar-refractivity contribution in [2.45, 2.75) is 67.3 Å². The highest BCUT2D eigenvalue weighted by molar-refractivity contribution is 4.80. The van der Waals surface area contributed by atoms with Crippen LogP contribution in [-0.4, -0.2) is 12.6 Å². The molecule has 0 aromatic rings. The third-order valence-corrected chi connectivity index (χ3v) is 2.74. The first-order valence-corrected chi connectivity index (χ1v) is 6.48. The van der Waals surface area contributed by atoms with Crippen LogP contribution in [0.5, 0.6) is 0 Å². The molecule has 1 nitrogen and oxygen atoms in total. The molecule has 0 spiro atoms. The van der Waals surface area contributed by atoms with E-state index in [9.17, 15) is 0 Å². The molecule has 92 valence electrons. The van der Waals surface area contributed by atoms with Crippen LogP contribution in [0, 0.1) is 17.3 Å². The maximum absolute atomic E-state index is 3.60. The van der Waals surface area contributed by atoms with Gasteiger partial charge in [0.25, 0.3) is 0 Å². The van der Waals surface area contributed by atoms with Crippen molar-refractivity contribution in [2.75, 3.05) is 6.54 Å². The number of hydrogen-bond donors (Lipinski definition) is 1. The van der Waals surface area contributed by atoms with Crippen LogP contribution in [0.2, 0.25) is 0 Å². The summed E-state index contributed by atoms with van der Waals surface area (Å²) in [5, 5.41) is 3.60. The summed E-state index contributed by atoms with van der Waals surface area (Å²) in [6, 6.07) is 0.601. The van der Waals surface area contributed by atoms with Crippen LogP contribution >= 0.6 is 0 Å². The Hall–Kier alpha value is -0.0400. The third kappa shape index (κ3) is 7.84. The van der Waals surface area contributed by atoms with E-state index in [0.29, 0.717) is 11.5 Å². The van der Waals surface area contributed by atoms with Gasteiger partial charge in [-0.25, -0.2) is 0 Å². The minimum absolute atomic E-state index is 0.465. The zero-order valence-electron chi connectivity index (χ0n) is 11.9. The predicted octanol–water partition coefficient (Wildman–Crippen LogP) is 4.08. The SMILES string of the molecule is CC(C)CC(C)(CNC(C)C)CC(C)C. The first-order valence-electron chi connectivity index (χ1n) is 6.48. The van der Waals surface area contributed by atoms with Gasteiger partial charge in [0.15, 0.2) is 0 Å². The summed E-state index contributed by atoms with van der Waals surface area (Å²) in [6.45, 7) is 17.4. The Morgan fingerprint density at radius 1 is 0.867 bits per heavy atom. The molecule has 0 amide bonds. The van der Waals surface area contributed by atoms with Crippen LogP contribution in [-0.2, 0) is 0 Å². The monoisotopic (exact) mass is 213 g/mol. The summed E-state index contributed by atoms with van der Waals surface area (Å²) >= 11 is 0. The van der Waals surface area contributed by atoms with Gasteiger partial charge >= 0.3 is 0 Å². The van der Waals surface area contributed by atoms with Gasteiger partial charge in [0.05, 0.1) is 0 Å². The zero-order valence-corrected chi connectivity index (χ0v) is 11.9. The summed E-state index contributed by atoms with van der Waals surface area (Å²) in [4.78, 5) is 0. The molecule has 0 aliphatic heterocycles. The van der Waals surface area contributed by atoms with Crippen LogP contribution in [0.1, 0.15) is 61.3 Å². The van der Waals surface area contributed by atoms with Crippen molar-refractivity contribution in [3.05, 3.63) is 0 Å². The van der Waals surface area contributed by atoms with E-state index in [-0.39, 0.29) is 0 Å². The Morgan fingerprint density at radius 2 is 1.27 bits per heavy atom. The maximum Gasteiger partial charge on any atom is 0.00106 e. The highest BCUT2D eigenvalue weighted by atomic mass is 14.9. The fourth-order valence-electron chi connectivity index (χ4n) is 2.65. The first kappa shape index (κ1) is 15.0. The van der Waals surface area contributed by atoms with E-state index in [1.165, 1.54) is 12.8 Å². The van der Waals surface area contributed by atoms with Crippen LogP contribution in [0.3, 0.4) is 0 Å². The van der Waals surface area contributed by atoms with E-state index < -0.39 is 0 Å². The molecule has 0 saturated heterocycles. The largest absolute Gasteiger partial charge is 0.314 e. The summed E-state index contributed by atoms with van der Waals surface area (Å²) in [7, 11) is 0. The van der Waals surface area contributed by atoms with Gasteiger partial charge in [-0.05, 0) is 30.1 Å². The fraction of sp³-hybridized carbons (Fsp3) is 1.00. The van der Waals surface area contributed by atoms with E-state index in [0.717, 1.165) is 18.4 Å². The second kappa shape index (κ2) is 6.52. The highest BCUT2D eigenvalue weighted by Gasteiger charge is 2.26. The first-order chi connectivity index (χ1) is 6.75. The van der Waals surface area contributed by atoms with E-state index in [4.69, 9.17) is 0 Å². The predicted molar refractivity (Wildman–Crippen MR) is 70.2 cm³/mol. The van der Waals surface area contributed by atoms with Gasteiger partial charge in [-0.2, -0.15) is 0 Å². The molecule has 0 aliphatic carbocycles. The smallest absolute Gasteiger partial charge is 0.00106 e. The molecule has 0 aliphatic rings. The fourth-order valence-corrected chi connectivity index (χ4v) is 2.65. The van der Waals surface area contributed by atoms with Crippen LogP contribution in [0.25, 0.3) is 0 Å². The second-order valence-electron chi connectivity index (χ2n) is 6.54. The molecule has 0 saturated carbocycles. The normalized spacial score (nSPS) is 13.2. The van der Waals surface area contributed by atoms with Gasteiger partial charge in [0, 0.05) is 12.6 Å². The van der Waals surface area contributed by atoms with E-state index in [2.05, 4.69) is 53.8 Å². The van der Waals surface area contributed by atoms with E-state index in [1.54, 1.807) is 0 Å². The average Bonchev–Trinajstić information content (AvgIpc) is 1.97. The lowest BCUT2D eigenvalue weighted by Crippen LogP contribution is -2.37. The quantitative estimate of drug-likeness (QED) is 0.672. The lowest BCUT2D eigenvalue weighted by atomic mass is 9.75. The molecular formula is C14H31N. The van der Waals surface area contributed by atoms with Gasteiger partial charge in [0.1, 0.15) is 0 Å². The molecule has 0 unspecified atom stereocenters. The van der Waals surface area contributed by atoms with Crippen LogP contribution in [0.4, 0.5) is 0 Å². The Labute approximate surface area is 97.0 Å². The second-order valence-corrected chi connectivity index (χ2v) is 6.54. The Bertz CT molecular complexity index is 149. The van der Waals surface area contributed by atoms with E-state index >= 15 is 0 Å². The molecule has 0 bridgehead atoms. The molecule has 0 heterocycles. The van der Waals surface area contributed by atoms with Gasteiger partial charge < -0.3 is 5.32 Å². The van der Waals surface area contributed by atoms with Gasteiger partial charge in [-0.3, -0.25) is 0 Å². The van der Waals surface area contributed by atoms with Crippen molar-refractivity contribution in [3.8, 4) is 0 Å². The Morgan fingerprint density at radius 3 is 1.53 bits per heavy atom. The zero-order chi connectivity index (χ0) is 12.1. The molecule has 1 N–H and O–H groups in total. The molecule has 15 heavy (non-hydrogen) atoms. The molecule has 0 aromatic heterocycles. The molecule has 0 radical (unpaired) electrons. The van der Waals surface area contributed by atoms with Crippen molar-refractivity contribution < 1.29 is 0 Å². The molecule has 0 atom stereocenters. The topological polar surface area (TPSA) is 12.0 Å².